The minimum absolute atomic E-state index is 0.137. The van der Waals surface area contributed by atoms with Crippen LogP contribution in [0.4, 0.5) is 5.69 Å². The molecule has 0 radical (unpaired) electrons. The summed E-state index contributed by atoms with van der Waals surface area (Å²) in [7, 11) is 0. The van der Waals surface area contributed by atoms with Crippen LogP contribution in [0.3, 0.4) is 0 Å². The summed E-state index contributed by atoms with van der Waals surface area (Å²) in [6, 6.07) is 3.18. The van der Waals surface area contributed by atoms with Crippen molar-refractivity contribution in [2.45, 2.75) is 6.00 Å². The zero-order chi connectivity index (χ0) is 8.97. The summed E-state index contributed by atoms with van der Waals surface area (Å²) in [5.74, 6) is 0. The third-order valence-electron chi connectivity index (χ3n) is 1.41. The molecule has 0 unspecified atom stereocenters. The number of aliphatic hydroxyl groups excluding tert-OH is 1. The highest BCUT2D eigenvalue weighted by Gasteiger charge is 1.94. The number of hydrogen-bond donors (Lipinski definition) is 2. The van der Waals surface area contributed by atoms with Crippen LogP contribution in [0.25, 0.3) is 0 Å². The van der Waals surface area contributed by atoms with E-state index in [1.54, 1.807) is 12.3 Å². The number of nitrogens with zero attached hydrogens (tertiary/aromatic N) is 1. The Labute approximate surface area is 74.4 Å². The van der Waals surface area contributed by atoms with Gasteiger partial charge in [0, 0.05) is 18.0 Å². The predicted molar refractivity (Wildman–Crippen MR) is 47.3 cm³/mol. The average molecular weight is 189 g/mol. The van der Waals surface area contributed by atoms with Gasteiger partial charge in [-0.05, 0) is 6.07 Å². The van der Waals surface area contributed by atoms with Gasteiger partial charge in [0.1, 0.15) is 12.7 Å². The van der Waals surface area contributed by atoms with Crippen LogP contribution in [0.15, 0.2) is 23.1 Å². The zero-order valence-corrected chi connectivity index (χ0v) is 7.08. The number of nitrogens with one attached hydrogen (secondary N) is 1. The van der Waals surface area contributed by atoms with Crippen molar-refractivity contribution in [1.82, 2.24) is 4.57 Å². The molecular weight excluding hydrogens is 180 g/mol. The van der Waals surface area contributed by atoms with Gasteiger partial charge in [-0.3, -0.25) is 4.79 Å². The maximum Gasteiger partial charge on any atom is 0.253 e. The molecule has 1 aromatic heterocycles. The number of rotatable bonds is 3. The Bertz CT molecular complexity index is 311. The van der Waals surface area contributed by atoms with Crippen LogP contribution in [0.1, 0.15) is 0 Å². The van der Waals surface area contributed by atoms with E-state index in [4.69, 9.17) is 16.7 Å². The summed E-state index contributed by atoms with van der Waals surface area (Å²) < 4.78 is 1.35. The number of halogens is 1. The fourth-order valence-corrected chi connectivity index (χ4v) is 1.01. The molecule has 0 aliphatic rings. The lowest BCUT2D eigenvalue weighted by Gasteiger charge is -2.03. The minimum atomic E-state index is -0.191. The predicted octanol–water partition coefficient (Wildman–Crippen LogP) is 0.406. The van der Waals surface area contributed by atoms with Gasteiger partial charge in [-0.25, -0.2) is 0 Å². The Kier molecular flexibility index (Phi) is 3.13. The molecule has 0 aromatic carbocycles. The molecule has 1 aromatic rings. The van der Waals surface area contributed by atoms with Crippen LogP contribution >= 0.6 is 11.6 Å². The summed E-state index contributed by atoms with van der Waals surface area (Å²) >= 11 is 5.45. The highest BCUT2D eigenvalue weighted by atomic mass is 35.5. The molecule has 66 valence electrons. The van der Waals surface area contributed by atoms with Gasteiger partial charge in [0.05, 0.1) is 0 Å². The molecule has 0 saturated carbocycles. The summed E-state index contributed by atoms with van der Waals surface area (Å²) in [4.78, 5) is 11.1. The molecule has 4 nitrogen and oxygen atoms in total. The molecule has 0 amide bonds. The van der Waals surface area contributed by atoms with Crippen molar-refractivity contribution < 1.29 is 5.11 Å². The summed E-state index contributed by atoms with van der Waals surface area (Å²) in [5.41, 5.74) is 0.396. The van der Waals surface area contributed by atoms with Gasteiger partial charge in [0.2, 0.25) is 0 Å². The van der Waals surface area contributed by atoms with Crippen molar-refractivity contribution >= 4 is 17.3 Å². The van der Waals surface area contributed by atoms with Gasteiger partial charge in [0.25, 0.3) is 5.56 Å². The molecule has 0 aliphatic carbocycles. The van der Waals surface area contributed by atoms with Crippen LogP contribution in [0.5, 0.6) is 0 Å². The molecule has 0 aliphatic heterocycles. The van der Waals surface area contributed by atoms with E-state index < -0.39 is 0 Å². The number of alkyl halides is 1. The molecule has 0 spiro atoms. The van der Waals surface area contributed by atoms with E-state index in [-0.39, 0.29) is 18.3 Å². The molecule has 0 bridgehead atoms. The Morgan fingerprint density at radius 3 is 2.92 bits per heavy atom. The largest absolute Gasteiger partial charge is 0.377 e. The minimum Gasteiger partial charge on any atom is -0.377 e. The van der Waals surface area contributed by atoms with Crippen molar-refractivity contribution in [3.8, 4) is 0 Å². The first-order chi connectivity index (χ1) is 5.77. The maximum atomic E-state index is 11.1. The third kappa shape index (κ3) is 1.99. The van der Waals surface area contributed by atoms with Gasteiger partial charge >= 0.3 is 0 Å². The Balaban J connectivity index is 2.94. The smallest absolute Gasteiger partial charge is 0.253 e. The summed E-state index contributed by atoms with van der Waals surface area (Å²) in [5, 5.41) is 11.1. The molecule has 1 rings (SSSR count). The van der Waals surface area contributed by atoms with Crippen molar-refractivity contribution in [3.05, 3.63) is 28.7 Å². The molecule has 0 saturated heterocycles. The van der Waals surface area contributed by atoms with Crippen LogP contribution in [-0.4, -0.2) is 16.4 Å². The number of aliphatic hydroxyl groups is 1. The first-order valence-corrected chi connectivity index (χ1v) is 3.92. The summed E-state index contributed by atoms with van der Waals surface area (Å²) in [6.07, 6.45) is 1.56. The van der Waals surface area contributed by atoms with Crippen LogP contribution in [0.2, 0.25) is 0 Å². The normalized spacial score (nSPS) is 9.83. The maximum absolute atomic E-state index is 11.1. The number of hydrogen-bond acceptors (Lipinski definition) is 3. The Morgan fingerprint density at radius 2 is 2.42 bits per heavy atom. The number of anilines is 1. The van der Waals surface area contributed by atoms with Crippen LogP contribution in [0, 0.1) is 0 Å². The highest BCUT2D eigenvalue weighted by Crippen LogP contribution is 2.00. The van der Waals surface area contributed by atoms with Crippen molar-refractivity contribution in [1.29, 1.82) is 0 Å². The quantitative estimate of drug-likeness (QED) is 0.534. The highest BCUT2D eigenvalue weighted by molar-refractivity contribution is 6.15. The molecule has 0 fully saturated rings. The second-order valence-electron chi connectivity index (χ2n) is 2.18. The zero-order valence-electron chi connectivity index (χ0n) is 6.33. The van der Waals surface area contributed by atoms with E-state index >= 15 is 0 Å². The second kappa shape index (κ2) is 4.13. The topological polar surface area (TPSA) is 54.3 Å². The van der Waals surface area contributed by atoms with Crippen molar-refractivity contribution in [3.63, 3.8) is 0 Å². The van der Waals surface area contributed by atoms with E-state index in [1.165, 1.54) is 10.6 Å². The van der Waals surface area contributed by atoms with E-state index in [0.717, 1.165) is 0 Å². The number of pyridine rings is 1. The van der Waals surface area contributed by atoms with Gasteiger partial charge < -0.3 is 15.0 Å². The van der Waals surface area contributed by atoms with Crippen LogP contribution in [-0.2, 0) is 6.00 Å². The molecule has 5 heteroatoms. The average Bonchev–Trinajstić information content (AvgIpc) is 2.05. The Morgan fingerprint density at radius 1 is 1.67 bits per heavy atom. The van der Waals surface area contributed by atoms with Gasteiger partial charge in [-0.2, -0.15) is 0 Å². The van der Waals surface area contributed by atoms with Gasteiger partial charge in [-0.15, -0.1) is 11.6 Å². The van der Waals surface area contributed by atoms with Gasteiger partial charge in [0.15, 0.2) is 0 Å². The first-order valence-electron chi connectivity index (χ1n) is 3.39. The molecular formula is C7H9ClN2O2. The molecule has 0 atom stereocenters. The fraction of sp³-hybridized carbons (Fsp3) is 0.286. The fourth-order valence-electron chi connectivity index (χ4n) is 0.808. The van der Waals surface area contributed by atoms with Gasteiger partial charge in [-0.1, -0.05) is 0 Å². The Hall–Kier alpha value is -1.00. The SMILES string of the molecule is O=c1cc(NCO)ccn1CCl. The molecule has 1 heterocycles. The lowest BCUT2D eigenvalue weighted by molar-refractivity contribution is 0.325. The van der Waals surface area contributed by atoms with Crippen LogP contribution < -0.4 is 10.9 Å². The van der Waals surface area contributed by atoms with E-state index in [1.807, 2.05) is 0 Å². The molecule has 12 heavy (non-hydrogen) atoms. The van der Waals surface area contributed by atoms with E-state index in [0.29, 0.717) is 5.69 Å². The molecule has 2 N–H and O–H groups in total. The van der Waals surface area contributed by atoms with Crippen molar-refractivity contribution in [2.75, 3.05) is 12.0 Å². The number of aromatic nitrogens is 1. The summed E-state index contributed by atoms with van der Waals surface area (Å²) in [6.45, 7) is -0.190. The lowest BCUT2D eigenvalue weighted by atomic mass is 10.4. The second-order valence-corrected chi connectivity index (χ2v) is 2.42. The lowest BCUT2D eigenvalue weighted by Crippen LogP contribution is -2.17. The van der Waals surface area contributed by atoms with Crippen molar-refractivity contribution in [2.24, 2.45) is 0 Å². The standard InChI is InChI=1S/C7H9ClN2O2/c8-4-10-2-1-6(9-5-11)3-7(10)12/h1-3,9,11H,4-5H2. The van der Waals surface area contributed by atoms with E-state index in [2.05, 4.69) is 5.32 Å². The monoisotopic (exact) mass is 188 g/mol. The third-order valence-corrected chi connectivity index (χ3v) is 1.67. The first kappa shape index (κ1) is 9.09. The van der Waals surface area contributed by atoms with E-state index in [9.17, 15) is 4.79 Å².